The molecule has 2 aromatic rings. The maximum atomic E-state index is 12.5. The van der Waals surface area contributed by atoms with Gasteiger partial charge in [0.05, 0.1) is 25.4 Å². The minimum atomic E-state index is -0.639. The topological polar surface area (TPSA) is 61.8 Å². The maximum absolute atomic E-state index is 12.5. The summed E-state index contributed by atoms with van der Waals surface area (Å²) in [5.41, 5.74) is 3.02. The first-order valence-electron chi connectivity index (χ1n) is 8.06. The number of rotatable bonds is 4. The average molecular weight is 326 g/mol. The van der Waals surface area contributed by atoms with E-state index in [0.29, 0.717) is 6.61 Å². The molecule has 3 rings (SSSR count). The molecule has 0 unspecified atom stereocenters. The second-order valence-corrected chi connectivity index (χ2v) is 6.03. The zero-order valence-electron chi connectivity index (χ0n) is 13.7. The van der Waals surface area contributed by atoms with Gasteiger partial charge in [-0.15, -0.1) is 0 Å². The number of benzene rings is 2. The zero-order chi connectivity index (χ0) is 16.9. The van der Waals surface area contributed by atoms with Crippen LogP contribution in [-0.4, -0.2) is 48.4 Å². The molecule has 1 saturated heterocycles. The number of nitrogens with zero attached hydrogens (tertiary/aromatic N) is 1. The number of hydrogen-bond donors (Lipinski definition) is 2. The molecular weight excluding hydrogens is 304 g/mol. The van der Waals surface area contributed by atoms with Gasteiger partial charge >= 0.3 is 6.03 Å². The number of carbonyl (C=O) groups is 1. The molecular formula is C19H22N2O3. The molecule has 2 N–H and O–H groups in total. The van der Waals surface area contributed by atoms with Crippen molar-refractivity contribution in [1.82, 2.24) is 4.90 Å². The molecule has 126 valence electrons. The molecule has 0 saturated carbocycles. The van der Waals surface area contributed by atoms with E-state index in [1.54, 1.807) is 7.05 Å². The van der Waals surface area contributed by atoms with Gasteiger partial charge in [0.2, 0.25) is 0 Å². The summed E-state index contributed by atoms with van der Waals surface area (Å²) in [4.78, 5) is 14.0. The first-order chi connectivity index (χ1) is 11.6. The van der Waals surface area contributed by atoms with Crippen LogP contribution in [0.2, 0.25) is 0 Å². The van der Waals surface area contributed by atoms with Crippen LogP contribution >= 0.6 is 0 Å². The van der Waals surface area contributed by atoms with E-state index in [9.17, 15) is 9.90 Å². The third-order valence-corrected chi connectivity index (χ3v) is 4.34. The van der Waals surface area contributed by atoms with Crippen LogP contribution in [0.4, 0.5) is 10.5 Å². The molecule has 0 radical (unpaired) electrons. The van der Waals surface area contributed by atoms with Gasteiger partial charge in [-0.3, -0.25) is 0 Å². The smallest absolute Gasteiger partial charge is 0.322 e. The van der Waals surface area contributed by atoms with Gasteiger partial charge < -0.3 is 20.1 Å². The molecule has 24 heavy (non-hydrogen) atoms. The third-order valence-electron chi connectivity index (χ3n) is 4.34. The van der Waals surface area contributed by atoms with Gasteiger partial charge in [0, 0.05) is 12.7 Å². The number of urea groups is 1. The molecule has 1 aliphatic rings. The largest absolute Gasteiger partial charge is 0.388 e. The van der Waals surface area contributed by atoms with Crippen molar-refractivity contribution in [3.8, 4) is 0 Å². The average Bonchev–Trinajstić information content (AvgIpc) is 3.03. The number of anilines is 1. The Kier molecular flexibility index (Phi) is 5.13. The van der Waals surface area contributed by atoms with Crippen molar-refractivity contribution in [3.63, 3.8) is 0 Å². The van der Waals surface area contributed by atoms with E-state index < -0.39 is 6.10 Å². The Bertz CT molecular complexity index is 690. The molecule has 1 heterocycles. The first-order valence-corrected chi connectivity index (χ1v) is 8.06. The Labute approximate surface area is 141 Å². The SMILES string of the molecule is CN(C(=O)Nc1ccccc1Cc1ccccc1)[C@H]1COC[C@@H]1O. The van der Waals surface area contributed by atoms with Crippen LogP contribution in [0.5, 0.6) is 0 Å². The van der Waals surface area contributed by atoms with Gasteiger partial charge in [-0.25, -0.2) is 4.79 Å². The van der Waals surface area contributed by atoms with E-state index in [1.165, 1.54) is 10.5 Å². The molecule has 1 fully saturated rings. The Morgan fingerprint density at radius 2 is 1.88 bits per heavy atom. The summed E-state index contributed by atoms with van der Waals surface area (Å²) < 4.78 is 5.22. The van der Waals surface area contributed by atoms with Gasteiger partial charge in [-0.05, 0) is 23.6 Å². The quantitative estimate of drug-likeness (QED) is 0.907. The van der Waals surface area contributed by atoms with Crippen molar-refractivity contribution in [2.24, 2.45) is 0 Å². The number of carbonyl (C=O) groups excluding carboxylic acids is 1. The number of nitrogens with one attached hydrogen (secondary N) is 1. The van der Waals surface area contributed by atoms with E-state index in [-0.39, 0.29) is 18.7 Å². The monoisotopic (exact) mass is 326 g/mol. The number of likely N-dealkylation sites (N-methyl/N-ethyl adjacent to an activating group) is 1. The maximum Gasteiger partial charge on any atom is 0.322 e. The van der Waals surface area contributed by atoms with E-state index in [0.717, 1.165) is 17.7 Å². The molecule has 2 amide bonds. The second kappa shape index (κ2) is 7.47. The van der Waals surface area contributed by atoms with Gasteiger partial charge in [0.15, 0.2) is 0 Å². The van der Waals surface area contributed by atoms with Gasteiger partial charge in [0.1, 0.15) is 0 Å². The molecule has 1 aliphatic heterocycles. The van der Waals surface area contributed by atoms with E-state index in [1.807, 2.05) is 42.5 Å². The Hall–Kier alpha value is -2.37. The summed E-state index contributed by atoms with van der Waals surface area (Å²) in [5.74, 6) is 0. The molecule has 0 bridgehead atoms. The van der Waals surface area contributed by atoms with Crippen LogP contribution in [0.25, 0.3) is 0 Å². The summed E-state index contributed by atoms with van der Waals surface area (Å²) in [6, 6.07) is 17.3. The summed E-state index contributed by atoms with van der Waals surface area (Å²) in [5, 5.41) is 12.8. The van der Waals surface area contributed by atoms with Crippen molar-refractivity contribution in [3.05, 3.63) is 65.7 Å². The summed E-state index contributed by atoms with van der Waals surface area (Å²) >= 11 is 0. The predicted octanol–water partition coefficient (Wildman–Crippen LogP) is 2.50. The van der Waals surface area contributed by atoms with Crippen LogP contribution < -0.4 is 5.32 Å². The molecule has 5 heteroatoms. The third kappa shape index (κ3) is 3.75. The van der Waals surface area contributed by atoms with Gasteiger partial charge in [-0.1, -0.05) is 48.5 Å². The molecule has 5 nitrogen and oxygen atoms in total. The lowest BCUT2D eigenvalue weighted by Crippen LogP contribution is -2.46. The van der Waals surface area contributed by atoms with Crippen LogP contribution in [-0.2, 0) is 11.2 Å². The number of ether oxygens (including phenoxy) is 1. The molecule has 2 aromatic carbocycles. The Morgan fingerprint density at radius 3 is 2.58 bits per heavy atom. The normalized spacial score (nSPS) is 19.9. The molecule has 0 aromatic heterocycles. The first kappa shape index (κ1) is 16.5. The lowest BCUT2D eigenvalue weighted by Gasteiger charge is -2.26. The van der Waals surface area contributed by atoms with E-state index >= 15 is 0 Å². The van der Waals surface area contributed by atoms with Crippen molar-refractivity contribution in [2.45, 2.75) is 18.6 Å². The number of para-hydroxylation sites is 1. The van der Waals surface area contributed by atoms with Crippen LogP contribution in [0, 0.1) is 0 Å². The summed E-state index contributed by atoms with van der Waals surface area (Å²) in [7, 11) is 1.68. The number of hydrogen-bond acceptors (Lipinski definition) is 3. The van der Waals surface area contributed by atoms with Crippen molar-refractivity contribution in [2.75, 3.05) is 25.6 Å². The highest BCUT2D eigenvalue weighted by Crippen LogP contribution is 2.20. The van der Waals surface area contributed by atoms with E-state index in [4.69, 9.17) is 4.74 Å². The zero-order valence-corrected chi connectivity index (χ0v) is 13.7. The van der Waals surface area contributed by atoms with Crippen LogP contribution in [0.3, 0.4) is 0 Å². The Morgan fingerprint density at radius 1 is 1.17 bits per heavy atom. The minimum absolute atomic E-state index is 0.245. The number of aliphatic hydroxyl groups excluding tert-OH is 1. The molecule has 0 spiro atoms. The van der Waals surface area contributed by atoms with Crippen LogP contribution in [0.15, 0.2) is 54.6 Å². The van der Waals surface area contributed by atoms with Crippen molar-refractivity contribution < 1.29 is 14.6 Å². The fourth-order valence-corrected chi connectivity index (χ4v) is 2.87. The van der Waals surface area contributed by atoms with Gasteiger partial charge in [-0.2, -0.15) is 0 Å². The summed E-state index contributed by atoms with van der Waals surface area (Å²) in [6.45, 7) is 0.629. The highest BCUT2D eigenvalue weighted by Gasteiger charge is 2.32. The predicted molar refractivity (Wildman–Crippen MR) is 93.1 cm³/mol. The van der Waals surface area contributed by atoms with Crippen molar-refractivity contribution in [1.29, 1.82) is 0 Å². The lowest BCUT2D eigenvalue weighted by molar-refractivity contribution is 0.106. The molecule has 0 aliphatic carbocycles. The fraction of sp³-hybridized carbons (Fsp3) is 0.316. The molecule has 2 atom stereocenters. The summed E-state index contributed by atoms with van der Waals surface area (Å²) in [6.07, 6.45) is 0.108. The van der Waals surface area contributed by atoms with E-state index in [2.05, 4.69) is 17.4 Å². The number of amides is 2. The fourth-order valence-electron chi connectivity index (χ4n) is 2.87. The minimum Gasteiger partial charge on any atom is -0.388 e. The Balaban J connectivity index is 1.72. The highest BCUT2D eigenvalue weighted by atomic mass is 16.5. The second-order valence-electron chi connectivity index (χ2n) is 6.03. The lowest BCUT2D eigenvalue weighted by atomic mass is 10.0. The number of aliphatic hydroxyl groups is 1. The highest BCUT2D eigenvalue weighted by molar-refractivity contribution is 5.90. The van der Waals surface area contributed by atoms with Crippen molar-refractivity contribution >= 4 is 11.7 Å². The standard InChI is InChI=1S/C19H22N2O3/c1-21(17-12-24-13-18(17)22)19(23)20-16-10-6-5-9-15(16)11-14-7-3-2-4-8-14/h2-10,17-18,22H,11-13H2,1H3,(H,20,23)/t17-,18-/m0/s1. The van der Waals surface area contributed by atoms with Crippen LogP contribution in [0.1, 0.15) is 11.1 Å². The van der Waals surface area contributed by atoms with Gasteiger partial charge in [0.25, 0.3) is 0 Å².